The third kappa shape index (κ3) is 5.17. The SMILES string of the molecule is O=C(CCc1ccc(-c2ccccc2F)o1)NCC1(c2ccc(Cl)cc2)CCOCC1. The van der Waals surface area contributed by atoms with E-state index < -0.39 is 0 Å². The highest BCUT2D eigenvalue weighted by Crippen LogP contribution is 2.35. The Morgan fingerprint density at radius 2 is 1.77 bits per heavy atom. The number of aryl methyl sites for hydroxylation is 1. The van der Waals surface area contributed by atoms with Crippen LogP contribution in [-0.2, 0) is 21.4 Å². The van der Waals surface area contributed by atoms with Gasteiger partial charge in [0.05, 0.1) is 5.56 Å². The molecule has 1 fully saturated rings. The minimum Gasteiger partial charge on any atom is -0.461 e. The van der Waals surface area contributed by atoms with Gasteiger partial charge < -0.3 is 14.5 Å². The molecular weight excluding hydrogens is 417 g/mol. The van der Waals surface area contributed by atoms with Crippen molar-refractivity contribution in [3.8, 4) is 11.3 Å². The van der Waals surface area contributed by atoms with Gasteiger partial charge >= 0.3 is 0 Å². The number of hydrogen-bond acceptors (Lipinski definition) is 3. The van der Waals surface area contributed by atoms with Crippen molar-refractivity contribution in [3.05, 3.63) is 82.8 Å². The fraction of sp³-hybridized carbons (Fsp3) is 0.320. The first kappa shape index (κ1) is 21.6. The van der Waals surface area contributed by atoms with E-state index in [0.29, 0.717) is 54.7 Å². The van der Waals surface area contributed by atoms with Gasteiger partial charge in [0, 0.05) is 43.0 Å². The van der Waals surface area contributed by atoms with Crippen molar-refractivity contribution in [2.45, 2.75) is 31.1 Å². The van der Waals surface area contributed by atoms with Gasteiger partial charge in [-0.25, -0.2) is 4.39 Å². The number of ether oxygens (including phenoxy) is 1. The molecule has 1 N–H and O–H groups in total. The first-order valence-corrected chi connectivity index (χ1v) is 10.9. The molecule has 0 atom stereocenters. The molecule has 31 heavy (non-hydrogen) atoms. The summed E-state index contributed by atoms with van der Waals surface area (Å²) in [5.74, 6) is 0.762. The smallest absolute Gasteiger partial charge is 0.220 e. The van der Waals surface area contributed by atoms with Crippen molar-refractivity contribution in [3.63, 3.8) is 0 Å². The molecule has 1 saturated heterocycles. The normalized spacial score (nSPS) is 15.5. The molecule has 4 rings (SSSR count). The molecule has 1 aromatic heterocycles. The predicted octanol–water partition coefficient (Wildman–Crippen LogP) is 5.54. The highest BCUT2D eigenvalue weighted by Gasteiger charge is 2.34. The maximum absolute atomic E-state index is 13.9. The second-order valence-corrected chi connectivity index (χ2v) is 8.36. The molecule has 0 bridgehead atoms. The van der Waals surface area contributed by atoms with E-state index in [1.807, 2.05) is 24.3 Å². The minimum atomic E-state index is -0.329. The van der Waals surface area contributed by atoms with Gasteiger partial charge in [-0.1, -0.05) is 35.9 Å². The summed E-state index contributed by atoms with van der Waals surface area (Å²) in [7, 11) is 0. The average molecular weight is 442 g/mol. The molecule has 1 aliphatic heterocycles. The highest BCUT2D eigenvalue weighted by molar-refractivity contribution is 6.30. The van der Waals surface area contributed by atoms with E-state index in [0.717, 1.165) is 12.8 Å². The zero-order valence-electron chi connectivity index (χ0n) is 17.2. The zero-order valence-corrected chi connectivity index (χ0v) is 18.0. The fourth-order valence-electron chi connectivity index (χ4n) is 4.04. The van der Waals surface area contributed by atoms with Crippen LogP contribution in [0.2, 0.25) is 5.02 Å². The summed E-state index contributed by atoms with van der Waals surface area (Å²) in [6, 6.07) is 17.9. The van der Waals surface area contributed by atoms with E-state index in [-0.39, 0.29) is 17.1 Å². The Balaban J connectivity index is 1.35. The van der Waals surface area contributed by atoms with Gasteiger partial charge in [-0.15, -0.1) is 0 Å². The lowest BCUT2D eigenvalue weighted by molar-refractivity contribution is -0.121. The summed E-state index contributed by atoms with van der Waals surface area (Å²) in [4.78, 5) is 12.6. The Hall–Kier alpha value is -2.63. The van der Waals surface area contributed by atoms with Crippen molar-refractivity contribution >= 4 is 17.5 Å². The number of amides is 1. The molecule has 0 saturated carbocycles. The monoisotopic (exact) mass is 441 g/mol. The molecule has 2 aromatic carbocycles. The number of nitrogens with one attached hydrogen (secondary N) is 1. The molecule has 162 valence electrons. The molecule has 3 aromatic rings. The molecule has 1 amide bonds. The van der Waals surface area contributed by atoms with Crippen molar-refractivity contribution < 1.29 is 18.3 Å². The minimum absolute atomic E-state index is 0.0383. The van der Waals surface area contributed by atoms with Crippen molar-refractivity contribution in [1.82, 2.24) is 5.32 Å². The van der Waals surface area contributed by atoms with E-state index in [1.54, 1.807) is 30.3 Å². The number of benzene rings is 2. The molecule has 1 aliphatic rings. The number of rotatable bonds is 7. The van der Waals surface area contributed by atoms with E-state index in [9.17, 15) is 9.18 Å². The molecule has 6 heteroatoms. The van der Waals surface area contributed by atoms with Gasteiger partial charge in [-0.3, -0.25) is 4.79 Å². The van der Waals surface area contributed by atoms with Crippen LogP contribution in [0.1, 0.15) is 30.6 Å². The standard InChI is InChI=1S/C25H25ClFNO3/c26-19-7-5-18(6-8-19)25(13-15-30-16-14-25)17-28-24(29)12-10-20-9-11-23(31-20)21-3-1-2-4-22(21)27/h1-9,11H,10,12-17H2,(H,28,29). The van der Waals surface area contributed by atoms with Gasteiger partial charge in [0.2, 0.25) is 5.91 Å². The predicted molar refractivity (Wildman–Crippen MR) is 119 cm³/mol. The Bertz CT molecular complexity index is 1030. The van der Waals surface area contributed by atoms with Crippen molar-refractivity contribution in [1.29, 1.82) is 0 Å². The lowest BCUT2D eigenvalue weighted by Crippen LogP contribution is -2.44. The highest BCUT2D eigenvalue weighted by atomic mass is 35.5. The summed E-state index contributed by atoms with van der Waals surface area (Å²) in [6.07, 6.45) is 2.45. The quantitative estimate of drug-likeness (QED) is 0.524. The van der Waals surface area contributed by atoms with Gasteiger partial charge in [-0.2, -0.15) is 0 Å². The van der Waals surface area contributed by atoms with Crippen LogP contribution in [0.25, 0.3) is 11.3 Å². The number of carbonyl (C=O) groups is 1. The third-order valence-corrected chi connectivity index (χ3v) is 6.18. The Kier molecular flexibility index (Phi) is 6.73. The van der Waals surface area contributed by atoms with E-state index in [4.69, 9.17) is 20.8 Å². The molecule has 0 aliphatic carbocycles. The number of hydrogen-bond donors (Lipinski definition) is 1. The lowest BCUT2D eigenvalue weighted by Gasteiger charge is -2.38. The largest absolute Gasteiger partial charge is 0.461 e. The molecule has 0 radical (unpaired) electrons. The molecule has 4 nitrogen and oxygen atoms in total. The maximum atomic E-state index is 13.9. The van der Waals surface area contributed by atoms with Crippen LogP contribution in [0.3, 0.4) is 0 Å². The first-order valence-electron chi connectivity index (χ1n) is 10.5. The van der Waals surface area contributed by atoms with Crippen LogP contribution >= 0.6 is 11.6 Å². The van der Waals surface area contributed by atoms with E-state index in [2.05, 4.69) is 5.32 Å². The number of carbonyl (C=O) groups excluding carboxylic acids is 1. The van der Waals surface area contributed by atoms with Crippen LogP contribution in [0, 0.1) is 5.82 Å². The molecule has 0 spiro atoms. The Morgan fingerprint density at radius 1 is 1.03 bits per heavy atom. The fourth-order valence-corrected chi connectivity index (χ4v) is 4.17. The van der Waals surface area contributed by atoms with E-state index >= 15 is 0 Å². The lowest BCUT2D eigenvalue weighted by atomic mass is 9.74. The Morgan fingerprint density at radius 3 is 2.52 bits per heavy atom. The second kappa shape index (κ2) is 9.67. The third-order valence-electron chi connectivity index (χ3n) is 5.93. The first-order chi connectivity index (χ1) is 15.1. The van der Waals surface area contributed by atoms with Gasteiger partial charge in [-0.05, 0) is 54.8 Å². The number of halogens is 2. The van der Waals surface area contributed by atoms with E-state index in [1.165, 1.54) is 11.6 Å². The van der Waals surface area contributed by atoms with Gasteiger partial charge in [0.1, 0.15) is 17.3 Å². The Labute approximate surface area is 186 Å². The molecule has 0 unspecified atom stereocenters. The summed E-state index contributed by atoms with van der Waals surface area (Å²) >= 11 is 6.05. The van der Waals surface area contributed by atoms with Crippen molar-refractivity contribution in [2.75, 3.05) is 19.8 Å². The second-order valence-electron chi connectivity index (χ2n) is 7.92. The van der Waals surface area contributed by atoms with Gasteiger partial charge in [0.25, 0.3) is 0 Å². The molecule has 2 heterocycles. The van der Waals surface area contributed by atoms with Crippen LogP contribution in [-0.4, -0.2) is 25.7 Å². The summed E-state index contributed by atoms with van der Waals surface area (Å²) in [6.45, 7) is 1.89. The maximum Gasteiger partial charge on any atom is 0.220 e. The van der Waals surface area contributed by atoms with Crippen LogP contribution in [0.4, 0.5) is 4.39 Å². The van der Waals surface area contributed by atoms with Crippen LogP contribution < -0.4 is 5.32 Å². The van der Waals surface area contributed by atoms with Crippen LogP contribution in [0.5, 0.6) is 0 Å². The number of furan rings is 1. The van der Waals surface area contributed by atoms with Gasteiger partial charge in [0.15, 0.2) is 0 Å². The average Bonchev–Trinajstić information content (AvgIpc) is 3.26. The molecular formula is C25H25ClFNO3. The topological polar surface area (TPSA) is 51.5 Å². The zero-order chi connectivity index (χ0) is 21.7. The van der Waals surface area contributed by atoms with Crippen LogP contribution in [0.15, 0.2) is 65.1 Å². The summed E-state index contributed by atoms with van der Waals surface area (Å²) < 4.78 is 25.2. The summed E-state index contributed by atoms with van der Waals surface area (Å²) in [5.41, 5.74) is 1.44. The van der Waals surface area contributed by atoms with Crippen molar-refractivity contribution in [2.24, 2.45) is 0 Å². The summed E-state index contributed by atoms with van der Waals surface area (Å²) in [5, 5.41) is 3.79.